The molecule has 0 aliphatic carbocycles. The molecular formula is C23H24O8. The summed E-state index contributed by atoms with van der Waals surface area (Å²) in [5.41, 5.74) is -0.799. The van der Waals surface area contributed by atoms with Gasteiger partial charge in [-0.1, -0.05) is 11.6 Å². The first kappa shape index (κ1) is 20.9. The molecule has 0 aromatic heterocycles. The van der Waals surface area contributed by atoms with E-state index in [9.17, 15) is 20.1 Å². The summed E-state index contributed by atoms with van der Waals surface area (Å²) in [6.07, 6.45) is 1.06. The van der Waals surface area contributed by atoms with Crippen molar-refractivity contribution in [1.82, 2.24) is 0 Å². The molecule has 164 valence electrons. The van der Waals surface area contributed by atoms with Crippen molar-refractivity contribution >= 4 is 5.78 Å². The number of carbonyl (C=O) groups excluding carboxylic acids is 1. The Kier molecular flexibility index (Phi) is 4.97. The van der Waals surface area contributed by atoms with Crippen LogP contribution in [0, 0.1) is 0 Å². The zero-order valence-corrected chi connectivity index (χ0v) is 17.7. The summed E-state index contributed by atoms with van der Waals surface area (Å²) in [5.74, 6) is -0.441. The number of phenols is 2. The standard InChI is InChI=1S/C23H24O8/c1-11(2)5-6-12-14(24)8-15(25)20-21(12)31-19-10-30-16-9-18(29-4)17(28-3)7-13(16)23(19,27)22(20)26/h5,7-9,19,24-25,27H,6,10H2,1-4H3/t19-,23-/m1/s1. The highest BCUT2D eigenvalue weighted by Gasteiger charge is 2.57. The topological polar surface area (TPSA) is 115 Å². The fraction of sp³-hybridized carbons (Fsp3) is 0.348. The second-order valence-corrected chi connectivity index (χ2v) is 7.80. The number of aromatic hydroxyl groups is 2. The van der Waals surface area contributed by atoms with E-state index in [0.29, 0.717) is 17.1 Å². The van der Waals surface area contributed by atoms with Gasteiger partial charge in [-0.25, -0.2) is 0 Å². The van der Waals surface area contributed by atoms with Crippen molar-refractivity contribution in [3.8, 4) is 34.5 Å². The van der Waals surface area contributed by atoms with Crippen molar-refractivity contribution in [2.45, 2.75) is 32.0 Å². The summed E-state index contributed by atoms with van der Waals surface area (Å²) < 4.78 is 22.3. The van der Waals surface area contributed by atoms with E-state index in [4.69, 9.17) is 18.9 Å². The molecule has 4 rings (SSSR count). The summed E-state index contributed by atoms with van der Waals surface area (Å²) in [6, 6.07) is 4.09. The first-order valence-corrected chi connectivity index (χ1v) is 9.76. The van der Waals surface area contributed by atoms with Crippen LogP contribution in [0.4, 0.5) is 0 Å². The number of rotatable bonds is 4. The van der Waals surface area contributed by atoms with Gasteiger partial charge in [0.1, 0.15) is 35.2 Å². The average Bonchev–Trinajstić information content (AvgIpc) is 2.73. The molecule has 0 radical (unpaired) electrons. The predicted octanol–water partition coefficient (Wildman–Crippen LogP) is 2.85. The third kappa shape index (κ3) is 3.06. The Balaban J connectivity index is 1.91. The summed E-state index contributed by atoms with van der Waals surface area (Å²) in [6.45, 7) is 3.69. The number of hydrogen-bond acceptors (Lipinski definition) is 8. The van der Waals surface area contributed by atoms with Crippen LogP contribution >= 0.6 is 0 Å². The minimum atomic E-state index is -2.12. The molecule has 2 aromatic carbocycles. The summed E-state index contributed by atoms with van der Waals surface area (Å²) in [7, 11) is 2.91. The van der Waals surface area contributed by atoms with Crippen LogP contribution in [0.2, 0.25) is 0 Å². The minimum absolute atomic E-state index is 0.0437. The molecule has 0 saturated carbocycles. The van der Waals surface area contributed by atoms with Gasteiger partial charge < -0.3 is 34.3 Å². The highest BCUT2D eigenvalue weighted by atomic mass is 16.6. The maximum atomic E-state index is 13.6. The third-order valence-corrected chi connectivity index (χ3v) is 5.64. The van der Waals surface area contributed by atoms with E-state index in [0.717, 1.165) is 11.6 Å². The molecule has 3 N–H and O–H groups in total. The minimum Gasteiger partial charge on any atom is -0.507 e. The predicted molar refractivity (Wildman–Crippen MR) is 111 cm³/mol. The molecule has 0 saturated heterocycles. The second kappa shape index (κ2) is 7.39. The number of phenolic OH excluding ortho intramolecular Hbond substituents is 2. The van der Waals surface area contributed by atoms with E-state index >= 15 is 0 Å². The molecular weight excluding hydrogens is 404 g/mol. The zero-order valence-electron chi connectivity index (χ0n) is 17.7. The zero-order chi connectivity index (χ0) is 22.5. The molecule has 8 nitrogen and oxygen atoms in total. The van der Waals surface area contributed by atoms with Crippen molar-refractivity contribution in [3.63, 3.8) is 0 Å². The maximum Gasteiger partial charge on any atom is 0.210 e. The van der Waals surface area contributed by atoms with E-state index in [2.05, 4.69) is 0 Å². The Hall–Kier alpha value is -3.39. The summed E-state index contributed by atoms with van der Waals surface area (Å²) in [4.78, 5) is 13.6. The first-order chi connectivity index (χ1) is 14.7. The van der Waals surface area contributed by atoms with E-state index < -0.39 is 23.2 Å². The maximum absolute atomic E-state index is 13.6. The number of ketones is 1. The fourth-order valence-electron chi connectivity index (χ4n) is 3.98. The van der Waals surface area contributed by atoms with Crippen molar-refractivity contribution < 1.29 is 39.1 Å². The van der Waals surface area contributed by atoms with Gasteiger partial charge in [0, 0.05) is 23.3 Å². The van der Waals surface area contributed by atoms with Crippen molar-refractivity contribution in [2.24, 2.45) is 0 Å². The molecule has 0 fully saturated rings. The van der Waals surface area contributed by atoms with Crippen LogP contribution in [0.1, 0.15) is 35.3 Å². The van der Waals surface area contributed by atoms with Gasteiger partial charge in [-0.15, -0.1) is 0 Å². The van der Waals surface area contributed by atoms with Crippen molar-refractivity contribution in [1.29, 1.82) is 0 Å². The van der Waals surface area contributed by atoms with Crippen LogP contribution in [-0.2, 0) is 12.0 Å². The van der Waals surface area contributed by atoms with E-state index in [-0.39, 0.29) is 41.4 Å². The van der Waals surface area contributed by atoms with Crippen LogP contribution in [-0.4, -0.2) is 48.0 Å². The molecule has 2 aromatic rings. The number of aliphatic hydroxyl groups is 1. The van der Waals surface area contributed by atoms with Crippen molar-refractivity contribution in [3.05, 3.63) is 46.5 Å². The number of hydrogen-bond donors (Lipinski definition) is 3. The van der Waals surface area contributed by atoms with Crippen LogP contribution in [0.3, 0.4) is 0 Å². The molecule has 2 heterocycles. The number of fused-ring (bicyclic) bond motifs is 4. The van der Waals surface area contributed by atoms with Crippen LogP contribution in [0.5, 0.6) is 34.5 Å². The molecule has 31 heavy (non-hydrogen) atoms. The molecule has 0 unspecified atom stereocenters. The van der Waals surface area contributed by atoms with Crippen LogP contribution in [0.25, 0.3) is 0 Å². The normalized spacial score (nSPS) is 21.1. The molecule has 8 heteroatoms. The molecule has 0 bridgehead atoms. The lowest BCUT2D eigenvalue weighted by molar-refractivity contribution is -0.0806. The fourth-order valence-corrected chi connectivity index (χ4v) is 3.98. The van der Waals surface area contributed by atoms with Crippen molar-refractivity contribution in [2.75, 3.05) is 20.8 Å². The number of ether oxygens (including phenoxy) is 4. The third-order valence-electron chi connectivity index (χ3n) is 5.64. The van der Waals surface area contributed by atoms with Gasteiger partial charge in [0.05, 0.1) is 14.2 Å². The molecule has 2 atom stereocenters. The molecule has 0 amide bonds. The first-order valence-electron chi connectivity index (χ1n) is 9.76. The van der Waals surface area contributed by atoms with E-state index in [1.165, 1.54) is 26.4 Å². The summed E-state index contributed by atoms with van der Waals surface area (Å²) >= 11 is 0. The van der Waals surface area contributed by atoms with Crippen LogP contribution in [0.15, 0.2) is 29.8 Å². The number of Topliss-reactive ketones (excluding diaryl/α,β-unsaturated/α-hetero) is 1. The SMILES string of the molecule is COc1cc2c(cc1OC)[C@]1(O)C(=O)c3c(O)cc(O)c(CC=C(C)C)c3O[C@@H]1CO2. The van der Waals surface area contributed by atoms with Gasteiger partial charge in [0.2, 0.25) is 5.78 Å². The van der Waals surface area contributed by atoms with Crippen LogP contribution < -0.4 is 18.9 Å². The monoisotopic (exact) mass is 428 g/mol. The smallest absolute Gasteiger partial charge is 0.210 e. The van der Waals surface area contributed by atoms with Gasteiger partial charge in [0.25, 0.3) is 0 Å². The van der Waals surface area contributed by atoms with Gasteiger partial charge in [-0.3, -0.25) is 4.79 Å². The largest absolute Gasteiger partial charge is 0.507 e. The molecule has 2 aliphatic rings. The van der Waals surface area contributed by atoms with Gasteiger partial charge in [-0.2, -0.15) is 0 Å². The summed E-state index contributed by atoms with van der Waals surface area (Å²) in [5, 5.41) is 32.5. The van der Waals surface area contributed by atoms with E-state index in [1.54, 1.807) is 0 Å². The Morgan fingerprint density at radius 3 is 2.48 bits per heavy atom. The molecule has 0 spiro atoms. The Bertz CT molecular complexity index is 1100. The Morgan fingerprint density at radius 1 is 1.16 bits per heavy atom. The number of carbonyl (C=O) groups is 1. The highest BCUT2D eigenvalue weighted by molar-refractivity contribution is 6.09. The lowest BCUT2D eigenvalue weighted by Gasteiger charge is -2.43. The van der Waals surface area contributed by atoms with Gasteiger partial charge >= 0.3 is 0 Å². The second-order valence-electron chi connectivity index (χ2n) is 7.80. The lowest BCUT2D eigenvalue weighted by atomic mass is 9.76. The lowest BCUT2D eigenvalue weighted by Crippen LogP contribution is -2.57. The molecule has 2 aliphatic heterocycles. The number of methoxy groups -OCH3 is 2. The average molecular weight is 428 g/mol. The Morgan fingerprint density at radius 2 is 1.84 bits per heavy atom. The van der Waals surface area contributed by atoms with Gasteiger partial charge in [0.15, 0.2) is 23.2 Å². The number of benzene rings is 2. The quantitative estimate of drug-likeness (QED) is 0.637. The van der Waals surface area contributed by atoms with E-state index in [1.807, 2.05) is 19.9 Å². The number of allylic oxidation sites excluding steroid dienone is 2. The Labute approximate surface area is 179 Å². The van der Waals surface area contributed by atoms with Gasteiger partial charge in [-0.05, 0) is 26.3 Å². The highest BCUT2D eigenvalue weighted by Crippen LogP contribution is 2.52.